The highest BCUT2D eigenvalue weighted by Crippen LogP contribution is 2.20. The molecule has 0 spiro atoms. The first-order chi connectivity index (χ1) is 5.66. The molecule has 0 aliphatic carbocycles. The highest BCUT2D eigenvalue weighted by Gasteiger charge is 2.08. The van der Waals surface area contributed by atoms with E-state index in [1.165, 1.54) is 11.3 Å². The Morgan fingerprint density at radius 2 is 2.08 bits per heavy atom. The van der Waals surface area contributed by atoms with Gasteiger partial charge in [-0.15, -0.1) is 0 Å². The molecule has 6 N–H and O–H groups in total. The van der Waals surface area contributed by atoms with Gasteiger partial charge >= 0.3 is 0 Å². The van der Waals surface area contributed by atoms with Gasteiger partial charge in [0.1, 0.15) is 12.0 Å². The van der Waals surface area contributed by atoms with Crippen LogP contribution in [0.4, 0.5) is 17.3 Å². The third-order valence-electron chi connectivity index (χ3n) is 1.51. The van der Waals surface area contributed by atoms with Crippen molar-refractivity contribution in [3.63, 3.8) is 0 Å². The molecule has 0 fully saturated rings. The van der Waals surface area contributed by atoms with Crippen molar-refractivity contribution >= 4 is 17.3 Å². The van der Waals surface area contributed by atoms with Crippen LogP contribution in [0.1, 0.15) is 6.92 Å². The molecule has 0 bridgehead atoms. The molecule has 1 rings (SSSR count). The van der Waals surface area contributed by atoms with E-state index < -0.39 is 0 Å². The number of nitrogen functional groups attached to an aromatic ring is 2. The zero-order valence-corrected chi connectivity index (χ0v) is 6.86. The van der Waals surface area contributed by atoms with Crippen LogP contribution in [0.5, 0.6) is 0 Å². The SMILES string of the molecule is CCN(N)c1ncnc(N)c1N. The van der Waals surface area contributed by atoms with Crippen LogP contribution in [0.3, 0.4) is 0 Å². The summed E-state index contributed by atoms with van der Waals surface area (Å²) in [7, 11) is 0. The van der Waals surface area contributed by atoms with E-state index >= 15 is 0 Å². The Morgan fingerprint density at radius 1 is 1.42 bits per heavy atom. The number of hydrogen-bond acceptors (Lipinski definition) is 6. The Labute approximate surface area is 70.4 Å². The summed E-state index contributed by atoms with van der Waals surface area (Å²) in [6.45, 7) is 2.50. The Balaban J connectivity index is 3.07. The maximum atomic E-state index is 5.59. The lowest BCUT2D eigenvalue weighted by atomic mass is 10.4. The number of nitrogens with two attached hydrogens (primary N) is 3. The van der Waals surface area contributed by atoms with Crippen LogP contribution < -0.4 is 22.3 Å². The van der Waals surface area contributed by atoms with Crippen LogP contribution in [-0.4, -0.2) is 16.5 Å². The van der Waals surface area contributed by atoms with Gasteiger partial charge in [0.05, 0.1) is 0 Å². The van der Waals surface area contributed by atoms with E-state index in [1.54, 1.807) is 0 Å². The van der Waals surface area contributed by atoms with Crippen molar-refractivity contribution < 1.29 is 0 Å². The van der Waals surface area contributed by atoms with Crippen LogP contribution in [0.2, 0.25) is 0 Å². The van der Waals surface area contributed by atoms with E-state index in [0.29, 0.717) is 18.1 Å². The molecule has 0 aromatic carbocycles. The lowest BCUT2D eigenvalue weighted by Crippen LogP contribution is -2.32. The Hall–Kier alpha value is -1.56. The number of hydrazine groups is 1. The summed E-state index contributed by atoms with van der Waals surface area (Å²) in [5.74, 6) is 6.29. The molecule has 12 heavy (non-hydrogen) atoms. The first-order valence-electron chi connectivity index (χ1n) is 3.55. The molecule has 66 valence electrons. The average Bonchev–Trinajstić information content (AvgIpc) is 2.08. The maximum Gasteiger partial charge on any atom is 0.171 e. The first kappa shape index (κ1) is 8.54. The number of nitrogens with zero attached hydrogens (tertiary/aromatic N) is 3. The van der Waals surface area contributed by atoms with Crippen LogP contribution >= 0.6 is 0 Å². The molecule has 0 radical (unpaired) electrons. The number of rotatable bonds is 2. The molecule has 1 aromatic rings. The number of hydrogen-bond donors (Lipinski definition) is 3. The van der Waals surface area contributed by atoms with Crippen molar-refractivity contribution in [2.24, 2.45) is 5.84 Å². The summed E-state index contributed by atoms with van der Waals surface area (Å²) in [5.41, 5.74) is 11.4. The van der Waals surface area contributed by atoms with Gasteiger partial charge in [-0.2, -0.15) is 0 Å². The van der Waals surface area contributed by atoms with Crippen LogP contribution in [-0.2, 0) is 0 Å². The second kappa shape index (κ2) is 3.22. The summed E-state index contributed by atoms with van der Waals surface area (Å²) in [5, 5.41) is 1.41. The Kier molecular flexibility index (Phi) is 2.29. The first-order valence-corrected chi connectivity index (χ1v) is 3.55. The van der Waals surface area contributed by atoms with Gasteiger partial charge in [-0.1, -0.05) is 0 Å². The quantitative estimate of drug-likeness (QED) is 0.400. The van der Waals surface area contributed by atoms with Gasteiger partial charge in [-0.05, 0) is 6.92 Å². The predicted octanol–water partition coefficient (Wildman–Crippen LogP) is -0.659. The summed E-state index contributed by atoms with van der Waals surface area (Å²) >= 11 is 0. The number of anilines is 3. The van der Waals surface area contributed by atoms with E-state index in [-0.39, 0.29) is 5.82 Å². The second-order valence-electron chi connectivity index (χ2n) is 2.28. The molecular formula is C6H12N6. The second-order valence-corrected chi connectivity index (χ2v) is 2.28. The lowest BCUT2D eigenvalue weighted by molar-refractivity contribution is 0.866. The molecule has 0 saturated heterocycles. The van der Waals surface area contributed by atoms with Gasteiger partial charge in [0.15, 0.2) is 11.6 Å². The topological polar surface area (TPSA) is 107 Å². The van der Waals surface area contributed by atoms with Crippen molar-refractivity contribution in [2.45, 2.75) is 6.92 Å². The van der Waals surface area contributed by atoms with Gasteiger partial charge in [0.2, 0.25) is 0 Å². The lowest BCUT2D eigenvalue weighted by Gasteiger charge is -2.16. The van der Waals surface area contributed by atoms with E-state index in [2.05, 4.69) is 9.97 Å². The fraction of sp³-hybridized carbons (Fsp3) is 0.333. The average molecular weight is 168 g/mol. The molecule has 0 saturated carbocycles. The van der Waals surface area contributed by atoms with Crippen LogP contribution in [0.25, 0.3) is 0 Å². The van der Waals surface area contributed by atoms with E-state index in [0.717, 1.165) is 0 Å². The van der Waals surface area contributed by atoms with Gasteiger partial charge < -0.3 is 11.5 Å². The monoisotopic (exact) mass is 168 g/mol. The standard InChI is InChI=1S/C6H12N6/c1-2-12(9)6-4(7)5(8)10-3-11-6/h3H,2,7,9H2,1H3,(H2,8,10,11). The fourth-order valence-corrected chi connectivity index (χ4v) is 0.778. The fourth-order valence-electron chi connectivity index (χ4n) is 0.778. The minimum absolute atomic E-state index is 0.254. The maximum absolute atomic E-state index is 5.59. The minimum Gasteiger partial charge on any atom is -0.393 e. The molecule has 0 aliphatic heterocycles. The molecule has 0 aliphatic rings. The van der Waals surface area contributed by atoms with Gasteiger partial charge in [0.25, 0.3) is 0 Å². The number of aromatic nitrogens is 2. The van der Waals surface area contributed by atoms with Crippen molar-refractivity contribution in [3.05, 3.63) is 6.33 Å². The summed E-state index contributed by atoms with van der Waals surface area (Å²) in [6.07, 6.45) is 1.33. The molecule has 6 nitrogen and oxygen atoms in total. The predicted molar refractivity (Wildman–Crippen MR) is 48.1 cm³/mol. The molecule has 0 amide bonds. The molecule has 0 unspecified atom stereocenters. The smallest absolute Gasteiger partial charge is 0.171 e. The van der Waals surface area contributed by atoms with Crippen molar-refractivity contribution in [1.29, 1.82) is 0 Å². The normalized spacial score (nSPS) is 9.83. The third kappa shape index (κ3) is 1.37. The molecule has 6 heteroatoms. The summed E-state index contributed by atoms with van der Waals surface area (Å²) in [4.78, 5) is 7.61. The minimum atomic E-state index is 0.254. The Bertz CT molecular complexity index is 273. The third-order valence-corrected chi connectivity index (χ3v) is 1.51. The molecule has 1 aromatic heterocycles. The largest absolute Gasteiger partial charge is 0.393 e. The highest BCUT2D eigenvalue weighted by molar-refractivity contribution is 5.72. The van der Waals surface area contributed by atoms with Crippen LogP contribution in [0, 0.1) is 0 Å². The highest BCUT2D eigenvalue weighted by atomic mass is 15.4. The van der Waals surface area contributed by atoms with E-state index in [4.69, 9.17) is 17.3 Å². The molecular weight excluding hydrogens is 156 g/mol. The zero-order valence-electron chi connectivity index (χ0n) is 6.86. The van der Waals surface area contributed by atoms with Crippen LogP contribution in [0.15, 0.2) is 6.33 Å². The summed E-state index contributed by atoms with van der Waals surface area (Å²) < 4.78 is 0. The van der Waals surface area contributed by atoms with Gasteiger partial charge in [0, 0.05) is 6.54 Å². The van der Waals surface area contributed by atoms with E-state index in [9.17, 15) is 0 Å². The Morgan fingerprint density at radius 3 is 2.67 bits per heavy atom. The summed E-state index contributed by atoms with van der Waals surface area (Å²) in [6, 6.07) is 0. The van der Waals surface area contributed by atoms with Crippen molar-refractivity contribution in [2.75, 3.05) is 23.0 Å². The molecule has 0 atom stereocenters. The van der Waals surface area contributed by atoms with E-state index in [1.807, 2.05) is 6.92 Å². The van der Waals surface area contributed by atoms with Crippen molar-refractivity contribution in [1.82, 2.24) is 9.97 Å². The zero-order chi connectivity index (χ0) is 9.14. The van der Waals surface area contributed by atoms with Gasteiger partial charge in [-0.25, -0.2) is 15.8 Å². The molecule has 1 heterocycles. The van der Waals surface area contributed by atoms with Gasteiger partial charge in [-0.3, -0.25) is 5.01 Å². The van der Waals surface area contributed by atoms with Crippen molar-refractivity contribution in [3.8, 4) is 0 Å².